The van der Waals surface area contributed by atoms with Crippen molar-refractivity contribution in [3.63, 3.8) is 0 Å². The van der Waals surface area contributed by atoms with E-state index in [1.807, 2.05) is 42.5 Å². The van der Waals surface area contributed by atoms with Crippen LogP contribution in [0.4, 0.5) is 5.69 Å². The number of benzodiazepines with no additional fused rings is 1. The van der Waals surface area contributed by atoms with Gasteiger partial charge < -0.3 is 33.3 Å². The van der Waals surface area contributed by atoms with Crippen LogP contribution in [0.1, 0.15) is 11.1 Å². The number of carbonyl (C=O) groups is 1. The maximum Gasteiger partial charge on any atom is 0.248 e. The minimum atomic E-state index is -0.0892. The zero-order chi connectivity index (χ0) is 28.3. The first-order valence-electron chi connectivity index (χ1n) is 13.3. The molecule has 2 aromatic carbocycles. The lowest BCUT2D eigenvalue weighted by atomic mass is 10.0. The molecule has 2 aromatic rings. The second-order valence-corrected chi connectivity index (χ2v) is 8.99. The summed E-state index contributed by atoms with van der Waals surface area (Å²) < 4.78 is 32.6. The van der Waals surface area contributed by atoms with Crippen LogP contribution in [0.15, 0.2) is 53.5 Å². The number of anilines is 1. The van der Waals surface area contributed by atoms with Gasteiger partial charge in [0.25, 0.3) is 0 Å². The molecule has 40 heavy (non-hydrogen) atoms. The average Bonchev–Trinajstić information content (AvgIpc) is 3.10. The predicted molar refractivity (Wildman–Crippen MR) is 154 cm³/mol. The van der Waals surface area contributed by atoms with E-state index in [1.165, 1.54) is 0 Å². The minimum Gasteiger partial charge on any atom is -0.377 e. The maximum atomic E-state index is 12.9. The summed E-state index contributed by atoms with van der Waals surface area (Å²) in [5.41, 5.74) is 3.29. The molecule has 216 valence electrons. The van der Waals surface area contributed by atoms with Gasteiger partial charge in [-0.3, -0.25) is 9.79 Å². The topological polar surface area (TPSA) is 88.1 Å². The van der Waals surface area contributed by atoms with E-state index in [-0.39, 0.29) is 12.5 Å². The molecular weight excluding hydrogens is 536 g/mol. The highest BCUT2D eigenvalue weighted by Crippen LogP contribution is 2.29. The maximum absolute atomic E-state index is 12.9. The van der Waals surface area contributed by atoms with Gasteiger partial charge in [-0.15, -0.1) is 6.42 Å². The predicted octanol–water partition coefficient (Wildman–Crippen LogP) is 3.26. The largest absolute Gasteiger partial charge is 0.377 e. The van der Waals surface area contributed by atoms with E-state index < -0.39 is 0 Å². The van der Waals surface area contributed by atoms with E-state index in [0.29, 0.717) is 90.8 Å². The highest BCUT2D eigenvalue weighted by molar-refractivity contribution is 6.32. The van der Waals surface area contributed by atoms with E-state index in [2.05, 4.69) is 10.9 Å². The van der Waals surface area contributed by atoms with Crippen molar-refractivity contribution in [2.24, 2.45) is 4.99 Å². The van der Waals surface area contributed by atoms with Gasteiger partial charge in [-0.25, -0.2) is 0 Å². The summed E-state index contributed by atoms with van der Waals surface area (Å²) >= 11 is 6.30. The standard InChI is InChI=1S/C30H37ClN2O7/c1-2-11-35-13-15-37-17-19-39-21-22-40-20-18-38-16-14-36-12-10-33-28-9-8-26(31)23-27(28)30(32-24-29(33)34)25-6-4-3-5-7-25/h1,3-9,23H,10-22,24H2. The SMILES string of the molecule is C#CCOCCOCCOCCOCCOCCOCCN1C(=O)CN=C(c2ccccc2)c2cc(Cl)ccc21. The number of aliphatic imine (C=N–C) groups is 1. The number of hydrogen-bond donors (Lipinski definition) is 0. The lowest BCUT2D eigenvalue weighted by Crippen LogP contribution is -2.35. The number of halogens is 1. The van der Waals surface area contributed by atoms with Crippen molar-refractivity contribution in [3.8, 4) is 12.3 Å². The second kappa shape index (κ2) is 19.3. The molecular formula is C30H37ClN2O7. The van der Waals surface area contributed by atoms with Gasteiger partial charge in [-0.05, 0) is 18.2 Å². The monoisotopic (exact) mass is 572 g/mol. The minimum absolute atomic E-state index is 0.0571. The molecule has 1 aliphatic heterocycles. The summed E-state index contributed by atoms with van der Waals surface area (Å²) in [4.78, 5) is 19.3. The lowest BCUT2D eigenvalue weighted by Gasteiger charge is -2.23. The normalized spacial score (nSPS) is 13.1. The van der Waals surface area contributed by atoms with Gasteiger partial charge in [0, 0.05) is 22.7 Å². The third-order valence-electron chi connectivity index (χ3n) is 5.73. The van der Waals surface area contributed by atoms with Crippen LogP contribution in [-0.2, 0) is 33.2 Å². The van der Waals surface area contributed by atoms with Crippen LogP contribution in [0.2, 0.25) is 5.02 Å². The molecule has 0 fully saturated rings. The van der Waals surface area contributed by atoms with Gasteiger partial charge in [-0.2, -0.15) is 0 Å². The Kier molecular flexibility index (Phi) is 15.3. The van der Waals surface area contributed by atoms with Crippen LogP contribution in [0.25, 0.3) is 0 Å². The molecule has 0 radical (unpaired) electrons. The molecule has 0 saturated carbocycles. The van der Waals surface area contributed by atoms with Gasteiger partial charge in [-0.1, -0.05) is 47.9 Å². The number of terminal acetylenes is 1. The van der Waals surface area contributed by atoms with Crippen molar-refractivity contribution >= 4 is 28.9 Å². The second-order valence-electron chi connectivity index (χ2n) is 8.56. The fraction of sp³-hybridized carbons (Fsp3) is 0.467. The van der Waals surface area contributed by atoms with Crippen LogP contribution in [0.3, 0.4) is 0 Å². The number of amides is 1. The van der Waals surface area contributed by atoms with Crippen molar-refractivity contribution < 1.29 is 33.2 Å². The molecule has 3 rings (SSSR count). The zero-order valence-electron chi connectivity index (χ0n) is 22.7. The number of rotatable bonds is 20. The van der Waals surface area contributed by atoms with E-state index >= 15 is 0 Å². The first-order chi connectivity index (χ1) is 19.7. The molecule has 0 N–H and O–H groups in total. The Bertz CT molecular complexity index is 1090. The Balaban J connectivity index is 1.25. The van der Waals surface area contributed by atoms with E-state index in [0.717, 1.165) is 22.5 Å². The van der Waals surface area contributed by atoms with Crippen LogP contribution in [0.5, 0.6) is 0 Å². The third-order valence-corrected chi connectivity index (χ3v) is 5.96. The van der Waals surface area contributed by atoms with Gasteiger partial charge in [0.2, 0.25) is 5.91 Å². The van der Waals surface area contributed by atoms with Crippen molar-refractivity contribution in [2.45, 2.75) is 0 Å². The molecule has 0 saturated heterocycles. The lowest BCUT2D eigenvalue weighted by molar-refractivity contribution is -0.117. The van der Waals surface area contributed by atoms with Gasteiger partial charge in [0.05, 0.1) is 84.1 Å². The highest BCUT2D eigenvalue weighted by Gasteiger charge is 2.25. The molecule has 0 bridgehead atoms. The van der Waals surface area contributed by atoms with Crippen molar-refractivity contribution in [1.29, 1.82) is 0 Å². The van der Waals surface area contributed by atoms with E-state index in [1.54, 1.807) is 11.0 Å². The van der Waals surface area contributed by atoms with E-state index in [4.69, 9.17) is 46.4 Å². The molecule has 0 spiro atoms. The Morgan fingerprint density at radius 3 is 1.90 bits per heavy atom. The summed E-state index contributed by atoms with van der Waals surface area (Å²) in [7, 11) is 0. The van der Waals surface area contributed by atoms with Crippen LogP contribution in [-0.4, -0.2) is 104 Å². The van der Waals surface area contributed by atoms with Gasteiger partial charge >= 0.3 is 0 Å². The van der Waals surface area contributed by atoms with Crippen molar-refractivity contribution in [3.05, 3.63) is 64.7 Å². The summed E-state index contributed by atoms with van der Waals surface area (Å²) in [5.74, 6) is 2.31. The molecule has 0 atom stereocenters. The molecule has 0 aliphatic carbocycles. The molecule has 1 aliphatic rings. The summed E-state index contributed by atoms with van der Waals surface area (Å²) in [5, 5.41) is 0.589. The van der Waals surface area contributed by atoms with Crippen LogP contribution >= 0.6 is 11.6 Å². The number of nitrogens with zero attached hydrogens (tertiary/aromatic N) is 2. The number of ether oxygens (including phenoxy) is 6. The fourth-order valence-corrected chi connectivity index (χ4v) is 4.03. The molecule has 0 unspecified atom stereocenters. The molecule has 10 heteroatoms. The number of carbonyl (C=O) groups excluding carboxylic acids is 1. The summed E-state index contributed by atoms with van der Waals surface area (Å²) in [6.07, 6.45) is 5.09. The first-order valence-corrected chi connectivity index (χ1v) is 13.7. The Morgan fingerprint density at radius 2 is 1.32 bits per heavy atom. The van der Waals surface area contributed by atoms with Crippen LogP contribution < -0.4 is 4.90 Å². The number of fused-ring (bicyclic) bond motifs is 1. The number of hydrogen-bond acceptors (Lipinski definition) is 8. The molecule has 9 nitrogen and oxygen atoms in total. The number of benzene rings is 2. The quantitative estimate of drug-likeness (QED) is 0.178. The smallest absolute Gasteiger partial charge is 0.248 e. The van der Waals surface area contributed by atoms with E-state index in [9.17, 15) is 4.79 Å². The molecule has 0 aromatic heterocycles. The van der Waals surface area contributed by atoms with Crippen molar-refractivity contribution in [1.82, 2.24) is 0 Å². The third kappa shape index (κ3) is 11.4. The Morgan fingerprint density at radius 1 is 0.775 bits per heavy atom. The highest BCUT2D eigenvalue weighted by atomic mass is 35.5. The summed E-state index contributed by atoms with van der Waals surface area (Å²) in [6, 6.07) is 15.3. The van der Waals surface area contributed by atoms with Crippen molar-refractivity contribution in [2.75, 3.05) is 97.3 Å². The van der Waals surface area contributed by atoms with Crippen LogP contribution in [0, 0.1) is 12.3 Å². The fourth-order valence-electron chi connectivity index (χ4n) is 3.86. The Labute approximate surface area is 241 Å². The summed E-state index contributed by atoms with van der Waals surface area (Å²) in [6.45, 7) is 5.84. The zero-order valence-corrected chi connectivity index (χ0v) is 23.5. The van der Waals surface area contributed by atoms with Gasteiger partial charge in [0.15, 0.2) is 0 Å². The first kappa shape index (κ1) is 31.7. The average molecular weight is 573 g/mol. The molecule has 1 heterocycles. The van der Waals surface area contributed by atoms with Gasteiger partial charge in [0.1, 0.15) is 13.2 Å². The Hall–Kier alpha value is -2.81. The molecule has 1 amide bonds.